The molecule has 0 N–H and O–H groups in total. The van der Waals surface area contributed by atoms with E-state index in [4.69, 9.17) is 4.74 Å². The van der Waals surface area contributed by atoms with E-state index in [1.54, 1.807) is 12.0 Å². The van der Waals surface area contributed by atoms with Gasteiger partial charge in [-0.2, -0.15) is 0 Å². The number of hydrogen-bond acceptors (Lipinski definition) is 3. The molecule has 0 atom stereocenters. The Labute approximate surface area is 141 Å². The smallest absolute Gasteiger partial charge is 0.253 e. The summed E-state index contributed by atoms with van der Waals surface area (Å²) < 4.78 is 31.7. The van der Waals surface area contributed by atoms with Crippen molar-refractivity contribution in [2.24, 2.45) is 0 Å². The first-order valence-electron chi connectivity index (χ1n) is 8.59. The van der Waals surface area contributed by atoms with E-state index in [1.165, 1.54) is 6.07 Å². The molecule has 132 valence electrons. The molecule has 0 spiro atoms. The highest BCUT2D eigenvalue weighted by atomic mass is 19.2. The van der Waals surface area contributed by atoms with Crippen LogP contribution in [0.1, 0.15) is 36.0 Å². The first-order valence-corrected chi connectivity index (χ1v) is 8.59. The van der Waals surface area contributed by atoms with E-state index in [0.717, 1.165) is 50.9 Å². The zero-order valence-corrected chi connectivity index (χ0v) is 14.0. The van der Waals surface area contributed by atoms with E-state index in [9.17, 15) is 13.6 Å². The van der Waals surface area contributed by atoms with Crippen molar-refractivity contribution in [1.29, 1.82) is 0 Å². The minimum absolute atomic E-state index is 0.216. The molecule has 0 saturated carbocycles. The van der Waals surface area contributed by atoms with Crippen molar-refractivity contribution in [2.45, 2.75) is 37.8 Å². The molecule has 24 heavy (non-hydrogen) atoms. The Morgan fingerprint density at radius 1 is 1.04 bits per heavy atom. The van der Waals surface area contributed by atoms with Crippen LogP contribution in [0.15, 0.2) is 18.2 Å². The Hall–Kier alpha value is -1.53. The van der Waals surface area contributed by atoms with Crippen LogP contribution in [0, 0.1) is 11.6 Å². The van der Waals surface area contributed by atoms with Gasteiger partial charge in [0.05, 0.1) is 6.10 Å². The molecule has 0 unspecified atom stereocenters. The largest absolute Gasteiger partial charge is 0.381 e. The number of carbonyl (C=O) groups is 1. The summed E-state index contributed by atoms with van der Waals surface area (Å²) in [5.74, 6) is -2.12. The predicted molar refractivity (Wildman–Crippen MR) is 86.9 cm³/mol. The van der Waals surface area contributed by atoms with E-state index < -0.39 is 11.6 Å². The second-order valence-corrected chi connectivity index (χ2v) is 6.62. The molecule has 2 saturated heterocycles. The van der Waals surface area contributed by atoms with Crippen LogP contribution in [-0.2, 0) is 4.74 Å². The third kappa shape index (κ3) is 3.75. The normalized spacial score (nSPS) is 21.2. The lowest BCUT2D eigenvalue weighted by atomic mass is 9.98. The minimum atomic E-state index is -0.975. The summed E-state index contributed by atoms with van der Waals surface area (Å²) in [6.07, 6.45) is 4.34. The number of hydrogen-bond donors (Lipinski definition) is 0. The molecule has 6 heteroatoms. The average Bonchev–Trinajstić information content (AvgIpc) is 2.63. The van der Waals surface area contributed by atoms with Gasteiger partial charge in [0.2, 0.25) is 0 Å². The minimum Gasteiger partial charge on any atom is -0.381 e. The van der Waals surface area contributed by atoms with Gasteiger partial charge in [0.15, 0.2) is 11.6 Å². The molecule has 1 aromatic rings. The van der Waals surface area contributed by atoms with Gasteiger partial charge < -0.3 is 14.5 Å². The van der Waals surface area contributed by atoms with Gasteiger partial charge in [0.1, 0.15) is 0 Å². The SMILES string of the molecule is COC1CCN(C2CCN(C(=O)c3ccc(F)c(F)c3)CC2)CC1. The molecule has 0 bridgehead atoms. The molecular formula is C18H24F2N2O2. The highest BCUT2D eigenvalue weighted by molar-refractivity contribution is 5.94. The molecule has 1 amide bonds. The lowest BCUT2D eigenvalue weighted by molar-refractivity contribution is 0.0145. The van der Waals surface area contributed by atoms with Crippen molar-refractivity contribution in [3.05, 3.63) is 35.4 Å². The summed E-state index contributed by atoms with van der Waals surface area (Å²) in [6.45, 7) is 3.40. The van der Waals surface area contributed by atoms with Gasteiger partial charge in [0, 0.05) is 44.9 Å². The first-order chi connectivity index (χ1) is 11.6. The van der Waals surface area contributed by atoms with Gasteiger partial charge in [-0.05, 0) is 43.9 Å². The number of piperidine rings is 2. The van der Waals surface area contributed by atoms with E-state index >= 15 is 0 Å². The van der Waals surface area contributed by atoms with E-state index in [0.29, 0.717) is 25.2 Å². The molecule has 4 nitrogen and oxygen atoms in total. The number of nitrogens with zero attached hydrogens (tertiary/aromatic N) is 2. The fourth-order valence-electron chi connectivity index (χ4n) is 3.72. The summed E-state index contributed by atoms with van der Waals surface area (Å²) in [6, 6.07) is 3.84. The summed E-state index contributed by atoms with van der Waals surface area (Å²) in [5, 5.41) is 0. The molecule has 2 fully saturated rings. The van der Waals surface area contributed by atoms with Crippen molar-refractivity contribution >= 4 is 5.91 Å². The maximum atomic E-state index is 13.3. The van der Waals surface area contributed by atoms with Crippen LogP contribution in [0.25, 0.3) is 0 Å². The molecule has 0 radical (unpaired) electrons. The van der Waals surface area contributed by atoms with Gasteiger partial charge in [-0.1, -0.05) is 0 Å². The van der Waals surface area contributed by atoms with Gasteiger partial charge in [0.25, 0.3) is 5.91 Å². The van der Waals surface area contributed by atoms with Crippen molar-refractivity contribution in [1.82, 2.24) is 9.80 Å². The fraction of sp³-hybridized carbons (Fsp3) is 0.611. The summed E-state index contributed by atoms with van der Waals surface area (Å²) >= 11 is 0. The highest BCUT2D eigenvalue weighted by Crippen LogP contribution is 2.23. The molecule has 0 aliphatic carbocycles. The van der Waals surface area contributed by atoms with Crippen LogP contribution < -0.4 is 0 Å². The van der Waals surface area contributed by atoms with Crippen LogP contribution in [-0.4, -0.2) is 61.1 Å². The molecule has 2 heterocycles. The van der Waals surface area contributed by atoms with Crippen molar-refractivity contribution in [2.75, 3.05) is 33.3 Å². The number of methoxy groups -OCH3 is 1. The molecule has 0 aromatic heterocycles. The molecule has 2 aliphatic rings. The van der Waals surface area contributed by atoms with Crippen LogP contribution in [0.5, 0.6) is 0 Å². The molecule has 2 aliphatic heterocycles. The third-order valence-corrected chi connectivity index (χ3v) is 5.24. The summed E-state index contributed by atoms with van der Waals surface area (Å²) in [4.78, 5) is 16.7. The Bertz CT molecular complexity index is 580. The number of ether oxygens (including phenoxy) is 1. The first kappa shape index (κ1) is 17.3. The monoisotopic (exact) mass is 338 g/mol. The van der Waals surface area contributed by atoms with Crippen LogP contribution in [0.3, 0.4) is 0 Å². The predicted octanol–water partition coefficient (Wildman–Crippen LogP) is 2.68. The van der Waals surface area contributed by atoms with Crippen molar-refractivity contribution in [3.8, 4) is 0 Å². The molecule has 3 rings (SSSR count). The lowest BCUT2D eigenvalue weighted by Crippen LogP contribution is -2.49. The summed E-state index contributed by atoms with van der Waals surface area (Å²) in [7, 11) is 1.77. The maximum Gasteiger partial charge on any atom is 0.253 e. The van der Waals surface area contributed by atoms with Crippen LogP contribution >= 0.6 is 0 Å². The maximum absolute atomic E-state index is 13.3. The highest BCUT2D eigenvalue weighted by Gasteiger charge is 2.30. The third-order valence-electron chi connectivity index (χ3n) is 5.24. The van der Waals surface area contributed by atoms with Crippen molar-refractivity contribution < 1.29 is 18.3 Å². The number of carbonyl (C=O) groups excluding carboxylic acids is 1. The standard InChI is InChI=1S/C18H24F2N2O2/c1-24-15-6-10-21(11-7-15)14-4-8-22(9-5-14)18(23)13-2-3-16(19)17(20)12-13/h2-3,12,14-15H,4-11H2,1H3. The van der Waals surface area contributed by atoms with Crippen LogP contribution in [0.4, 0.5) is 8.78 Å². The Morgan fingerprint density at radius 3 is 2.29 bits per heavy atom. The van der Waals surface area contributed by atoms with Crippen molar-refractivity contribution in [3.63, 3.8) is 0 Å². The van der Waals surface area contributed by atoms with Gasteiger partial charge in [-0.25, -0.2) is 8.78 Å². The zero-order chi connectivity index (χ0) is 17.1. The average molecular weight is 338 g/mol. The van der Waals surface area contributed by atoms with Gasteiger partial charge in [-0.15, -0.1) is 0 Å². The quantitative estimate of drug-likeness (QED) is 0.849. The topological polar surface area (TPSA) is 32.8 Å². The zero-order valence-electron chi connectivity index (χ0n) is 14.0. The molecular weight excluding hydrogens is 314 g/mol. The second-order valence-electron chi connectivity index (χ2n) is 6.62. The van der Waals surface area contributed by atoms with Gasteiger partial charge in [-0.3, -0.25) is 4.79 Å². The number of likely N-dealkylation sites (tertiary alicyclic amines) is 2. The molecule has 1 aromatic carbocycles. The second kappa shape index (κ2) is 7.57. The summed E-state index contributed by atoms with van der Waals surface area (Å²) in [5.41, 5.74) is 0.216. The number of halogens is 2. The Balaban J connectivity index is 1.53. The number of benzene rings is 1. The van der Waals surface area contributed by atoms with E-state index in [2.05, 4.69) is 4.90 Å². The van der Waals surface area contributed by atoms with Gasteiger partial charge >= 0.3 is 0 Å². The number of amides is 1. The van der Waals surface area contributed by atoms with E-state index in [1.807, 2.05) is 0 Å². The number of rotatable bonds is 3. The Morgan fingerprint density at radius 2 is 1.71 bits per heavy atom. The van der Waals surface area contributed by atoms with E-state index in [-0.39, 0.29) is 11.5 Å². The van der Waals surface area contributed by atoms with Crippen LogP contribution in [0.2, 0.25) is 0 Å². The Kier molecular flexibility index (Phi) is 5.46. The fourth-order valence-corrected chi connectivity index (χ4v) is 3.72. The lowest BCUT2D eigenvalue weighted by Gasteiger charge is -2.41.